The predicted octanol–water partition coefficient (Wildman–Crippen LogP) is 7.12. The van der Waals surface area contributed by atoms with Gasteiger partial charge in [-0.15, -0.1) is 0 Å². The van der Waals surface area contributed by atoms with Gasteiger partial charge in [0, 0.05) is 51.3 Å². The molecule has 0 spiro atoms. The zero-order valence-corrected chi connectivity index (χ0v) is 29.6. The van der Waals surface area contributed by atoms with E-state index in [2.05, 4.69) is 55.7 Å². The van der Waals surface area contributed by atoms with Crippen molar-refractivity contribution in [3.8, 4) is 28.4 Å². The van der Waals surface area contributed by atoms with Gasteiger partial charge in [-0.05, 0) is 62.4 Å². The van der Waals surface area contributed by atoms with Crippen LogP contribution >= 0.6 is 0 Å². The van der Waals surface area contributed by atoms with Crippen molar-refractivity contribution in [1.82, 2.24) is 34.3 Å². The Hall–Kier alpha value is -4.03. The van der Waals surface area contributed by atoms with E-state index in [0.29, 0.717) is 37.8 Å². The molecule has 5 rings (SSSR count). The first-order valence-corrected chi connectivity index (χ1v) is 19.6. The number of nitrogens with zero attached hydrogens (tertiary/aromatic N) is 7. The van der Waals surface area contributed by atoms with E-state index in [9.17, 15) is 4.79 Å². The quantitative estimate of drug-likeness (QED) is 0.132. The average Bonchev–Trinajstić information content (AvgIpc) is 3.63. The third kappa shape index (κ3) is 7.67. The van der Waals surface area contributed by atoms with Crippen LogP contribution in [0.15, 0.2) is 43.0 Å². The lowest BCUT2D eigenvalue weighted by molar-refractivity contribution is 0.0270. The van der Waals surface area contributed by atoms with Crippen LogP contribution in [0, 0.1) is 0 Å². The van der Waals surface area contributed by atoms with Gasteiger partial charge in [0.2, 0.25) is 0 Å². The summed E-state index contributed by atoms with van der Waals surface area (Å²) in [6.45, 7) is 19.1. The molecule has 4 aromatic heterocycles. The third-order valence-electron chi connectivity index (χ3n) is 7.85. The molecule has 246 valence electrons. The third-order valence-corrected chi connectivity index (χ3v) is 9.55. The summed E-state index contributed by atoms with van der Waals surface area (Å²) in [6, 6.07) is 7.18. The Balaban J connectivity index is 1.48. The summed E-state index contributed by atoms with van der Waals surface area (Å²) in [5.74, 6) is 0.770. The molecule has 0 bridgehead atoms. The topological polar surface area (TPSA) is 109 Å². The fourth-order valence-corrected chi connectivity index (χ4v) is 6.22. The van der Waals surface area contributed by atoms with E-state index in [0.717, 1.165) is 51.8 Å². The molecule has 5 heterocycles. The lowest BCUT2D eigenvalue weighted by Crippen LogP contribution is -2.39. The molecule has 4 aromatic rings. The molecule has 1 aliphatic heterocycles. The highest BCUT2D eigenvalue weighted by Gasteiger charge is 2.27. The van der Waals surface area contributed by atoms with Crippen LogP contribution in [0.25, 0.3) is 33.9 Å². The van der Waals surface area contributed by atoms with E-state index in [-0.39, 0.29) is 12.0 Å². The second-order valence-corrected chi connectivity index (χ2v) is 19.9. The number of hydrogen-bond donors (Lipinski definition) is 0. The molecular weight excluding hydrogens is 599 g/mol. The summed E-state index contributed by atoms with van der Waals surface area (Å²) in [7, 11) is 0.387. The normalized spacial score (nSPS) is 14.2. The van der Waals surface area contributed by atoms with Crippen LogP contribution in [0.1, 0.15) is 58.1 Å². The maximum atomic E-state index is 12.5. The zero-order valence-electron chi connectivity index (χ0n) is 28.6. The fraction of sp³-hybridized carbons (Fsp3) is 0.500. The monoisotopic (exact) mass is 645 g/mol. The largest absolute Gasteiger partial charge is 0.493 e. The Morgan fingerprint density at radius 2 is 1.89 bits per heavy atom. The molecule has 46 heavy (non-hydrogen) atoms. The van der Waals surface area contributed by atoms with Crippen LogP contribution in [0.4, 0.5) is 4.79 Å². The van der Waals surface area contributed by atoms with Gasteiger partial charge in [-0.3, -0.25) is 4.98 Å². The first-order valence-electron chi connectivity index (χ1n) is 15.9. The van der Waals surface area contributed by atoms with Crippen molar-refractivity contribution in [2.75, 3.05) is 26.8 Å². The number of amides is 1. The zero-order chi connectivity index (χ0) is 33.2. The van der Waals surface area contributed by atoms with Crippen molar-refractivity contribution in [3.05, 3.63) is 54.1 Å². The molecule has 0 atom stereocenters. The van der Waals surface area contributed by atoms with Gasteiger partial charge in [0.05, 0.1) is 18.5 Å². The number of fused-ring (bicyclic) bond motifs is 1. The number of pyridine rings is 2. The van der Waals surface area contributed by atoms with Gasteiger partial charge < -0.3 is 19.1 Å². The summed E-state index contributed by atoms with van der Waals surface area (Å²) in [5, 5.41) is 9.51. The van der Waals surface area contributed by atoms with Crippen molar-refractivity contribution in [1.29, 1.82) is 0 Å². The van der Waals surface area contributed by atoms with Crippen molar-refractivity contribution in [2.24, 2.45) is 0 Å². The van der Waals surface area contributed by atoms with Gasteiger partial charge in [0.25, 0.3) is 0 Å². The Bertz CT molecular complexity index is 1710. The van der Waals surface area contributed by atoms with Crippen LogP contribution in [-0.4, -0.2) is 80.8 Å². The standard InChI is InChI=1S/C34H47N7O4Si/c1-23(2)29-30(27-11-10-25(19-35-27)24-12-14-39(15-13-24)33(42)45-34(3,4)5)38-41(22-44-16-17-46(7,8)9)31(29)26-18-28(43-6)32-36-21-37-40(32)20-26/h10-12,18-21,23H,13-17,22H2,1-9H3. The lowest BCUT2D eigenvalue weighted by Gasteiger charge is -2.29. The van der Waals surface area contributed by atoms with Crippen molar-refractivity contribution < 1.29 is 19.0 Å². The minimum atomic E-state index is -1.25. The number of methoxy groups -OCH3 is 1. The molecule has 0 unspecified atom stereocenters. The summed E-state index contributed by atoms with van der Waals surface area (Å²) < 4.78 is 21.1. The Morgan fingerprint density at radius 3 is 2.50 bits per heavy atom. The molecule has 0 N–H and O–H groups in total. The summed E-state index contributed by atoms with van der Waals surface area (Å²) in [5.41, 5.74) is 6.86. The van der Waals surface area contributed by atoms with Crippen LogP contribution in [0.5, 0.6) is 5.75 Å². The number of ether oxygens (including phenoxy) is 3. The maximum absolute atomic E-state index is 12.5. The minimum Gasteiger partial charge on any atom is -0.493 e. The molecular formula is C34H47N7O4Si. The summed E-state index contributed by atoms with van der Waals surface area (Å²) >= 11 is 0. The summed E-state index contributed by atoms with van der Waals surface area (Å²) in [6.07, 6.45) is 7.92. The van der Waals surface area contributed by atoms with Crippen LogP contribution < -0.4 is 4.74 Å². The molecule has 1 aliphatic rings. The molecule has 0 fully saturated rings. The van der Waals surface area contributed by atoms with Gasteiger partial charge >= 0.3 is 6.09 Å². The van der Waals surface area contributed by atoms with Crippen molar-refractivity contribution >= 4 is 25.4 Å². The van der Waals surface area contributed by atoms with Gasteiger partial charge in [-0.1, -0.05) is 45.6 Å². The Labute approximate surface area is 272 Å². The maximum Gasteiger partial charge on any atom is 0.410 e. The van der Waals surface area contributed by atoms with Gasteiger partial charge in [-0.2, -0.15) is 10.2 Å². The second-order valence-electron chi connectivity index (χ2n) is 14.3. The van der Waals surface area contributed by atoms with Crippen LogP contribution in [-0.2, 0) is 16.2 Å². The smallest absolute Gasteiger partial charge is 0.410 e. The number of hydrogen-bond acceptors (Lipinski definition) is 8. The van der Waals surface area contributed by atoms with E-state index in [1.54, 1.807) is 16.5 Å². The Morgan fingerprint density at radius 1 is 1.11 bits per heavy atom. The number of carbonyl (C=O) groups excluding carboxylic acids is 1. The molecule has 0 radical (unpaired) electrons. The number of aromatic nitrogens is 6. The van der Waals surface area contributed by atoms with Crippen LogP contribution in [0.3, 0.4) is 0 Å². The van der Waals surface area contributed by atoms with Crippen LogP contribution in [0.2, 0.25) is 25.7 Å². The molecule has 0 aliphatic carbocycles. The number of carbonyl (C=O) groups is 1. The second kappa shape index (κ2) is 13.4. The highest BCUT2D eigenvalue weighted by atomic mass is 28.3. The number of rotatable bonds is 10. The van der Waals surface area contributed by atoms with Gasteiger partial charge in [0.1, 0.15) is 24.4 Å². The van der Waals surface area contributed by atoms with Gasteiger partial charge in [0.15, 0.2) is 11.4 Å². The van der Waals surface area contributed by atoms with E-state index in [1.165, 1.54) is 6.33 Å². The van der Waals surface area contributed by atoms with Crippen molar-refractivity contribution in [2.45, 2.75) is 85.0 Å². The van der Waals surface area contributed by atoms with E-state index in [1.807, 2.05) is 50.0 Å². The van der Waals surface area contributed by atoms with E-state index < -0.39 is 13.7 Å². The highest BCUT2D eigenvalue weighted by molar-refractivity contribution is 6.76. The first kappa shape index (κ1) is 33.3. The average molecular weight is 646 g/mol. The van der Waals surface area contributed by atoms with Crippen molar-refractivity contribution in [3.63, 3.8) is 0 Å². The Kier molecular flexibility index (Phi) is 9.69. The highest BCUT2D eigenvalue weighted by Crippen LogP contribution is 2.39. The molecule has 0 saturated heterocycles. The molecule has 12 heteroatoms. The predicted molar refractivity (Wildman–Crippen MR) is 183 cm³/mol. The SMILES string of the molecule is COc1cc(-c2c(C(C)C)c(-c3ccc(C4=CCN(C(=O)OC(C)(C)C)CC4)cn3)nn2COCC[Si](C)(C)C)cn2ncnc12. The molecule has 11 nitrogen and oxygen atoms in total. The fourth-order valence-electron chi connectivity index (χ4n) is 5.46. The van der Waals surface area contributed by atoms with E-state index >= 15 is 0 Å². The minimum absolute atomic E-state index is 0.138. The lowest BCUT2D eigenvalue weighted by atomic mass is 9.95. The molecule has 0 saturated carbocycles. The molecule has 0 aromatic carbocycles. The van der Waals surface area contributed by atoms with E-state index in [4.69, 9.17) is 24.3 Å². The molecule has 1 amide bonds. The summed E-state index contributed by atoms with van der Waals surface area (Å²) in [4.78, 5) is 23.5. The first-order chi connectivity index (χ1) is 21.7. The van der Waals surface area contributed by atoms with Gasteiger partial charge in [-0.25, -0.2) is 19.0 Å².